The van der Waals surface area contributed by atoms with E-state index < -0.39 is 6.10 Å². The zero-order chi connectivity index (χ0) is 14.4. The number of rotatable bonds is 7. The molecular weight excluding hydrogens is 252 g/mol. The van der Waals surface area contributed by atoms with Crippen LogP contribution in [0.4, 0.5) is 0 Å². The Balaban J connectivity index is 1.69. The smallest absolute Gasteiger partial charge is 0.159 e. The molecule has 0 unspecified atom stereocenters. The van der Waals surface area contributed by atoms with Gasteiger partial charge in [-0.1, -0.05) is 25.7 Å². The number of carbonyl (C=O) groups excluding carboxylic acids is 1. The third kappa shape index (κ3) is 4.64. The van der Waals surface area contributed by atoms with E-state index >= 15 is 0 Å². The fourth-order valence-electron chi connectivity index (χ4n) is 2.79. The lowest BCUT2D eigenvalue weighted by atomic mass is 10.00. The van der Waals surface area contributed by atoms with Gasteiger partial charge in [-0.3, -0.25) is 4.79 Å². The number of hydrogen-bond donors (Lipinski definition) is 1. The van der Waals surface area contributed by atoms with Crippen molar-refractivity contribution in [3.05, 3.63) is 29.8 Å². The van der Waals surface area contributed by atoms with Crippen molar-refractivity contribution < 1.29 is 14.6 Å². The van der Waals surface area contributed by atoms with Crippen LogP contribution in [0.15, 0.2) is 24.3 Å². The minimum Gasteiger partial charge on any atom is -0.491 e. The van der Waals surface area contributed by atoms with Crippen molar-refractivity contribution in [3.8, 4) is 5.75 Å². The first kappa shape index (κ1) is 15.0. The Bertz CT molecular complexity index is 418. The highest BCUT2D eigenvalue weighted by atomic mass is 16.5. The fourth-order valence-corrected chi connectivity index (χ4v) is 2.79. The lowest BCUT2D eigenvalue weighted by Crippen LogP contribution is -2.18. The van der Waals surface area contributed by atoms with E-state index in [0.717, 1.165) is 18.8 Å². The van der Waals surface area contributed by atoms with Crippen molar-refractivity contribution in [1.82, 2.24) is 0 Å². The number of aliphatic hydroxyl groups is 1. The first-order valence-corrected chi connectivity index (χ1v) is 7.57. The summed E-state index contributed by atoms with van der Waals surface area (Å²) in [6.07, 6.45) is 6.85. The molecule has 1 saturated carbocycles. The summed E-state index contributed by atoms with van der Waals surface area (Å²) < 4.78 is 5.56. The molecule has 1 atom stereocenters. The van der Waals surface area contributed by atoms with Crippen molar-refractivity contribution in [2.75, 3.05) is 6.61 Å². The summed E-state index contributed by atoms with van der Waals surface area (Å²) in [5.74, 6) is 1.56. The summed E-state index contributed by atoms with van der Waals surface area (Å²) in [7, 11) is 0. The third-order valence-corrected chi connectivity index (χ3v) is 4.09. The van der Waals surface area contributed by atoms with E-state index in [2.05, 4.69) is 0 Å². The van der Waals surface area contributed by atoms with Crippen LogP contribution in [0.1, 0.15) is 55.8 Å². The van der Waals surface area contributed by atoms with Crippen LogP contribution in [0.2, 0.25) is 0 Å². The van der Waals surface area contributed by atoms with Crippen LogP contribution in [-0.2, 0) is 0 Å². The predicted octanol–water partition coefficient (Wildman–Crippen LogP) is 3.60. The van der Waals surface area contributed by atoms with Gasteiger partial charge in [0.15, 0.2) is 5.78 Å². The highest BCUT2D eigenvalue weighted by Gasteiger charge is 2.16. The number of ether oxygens (including phenoxy) is 1. The molecule has 3 nitrogen and oxygen atoms in total. The van der Waals surface area contributed by atoms with Crippen LogP contribution < -0.4 is 4.74 Å². The van der Waals surface area contributed by atoms with E-state index in [0.29, 0.717) is 17.9 Å². The molecule has 1 N–H and O–H groups in total. The van der Waals surface area contributed by atoms with Crippen LogP contribution in [-0.4, -0.2) is 23.6 Å². The molecule has 0 radical (unpaired) electrons. The van der Waals surface area contributed by atoms with Gasteiger partial charge in [-0.05, 0) is 49.9 Å². The fraction of sp³-hybridized carbons (Fsp3) is 0.588. The van der Waals surface area contributed by atoms with Gasteiger partial charge >= 0.3 is 0 Å². The zero-order valence-electron chi connectivity index (χ0n) is 12.2. The maximum atomic E-state index is 11.2. The van der Waals surface area contributed by atoms with Gasteiger partial charge < -0.3 is 9.84 Å². The minimum atomic E-state index is -0.400. The van der Waals surface area contributed by atoms with Gasteiger partial charge in [0.25, 0.3) is 0 Å². The van der Waals surface area contributed by atoms with Gasteiger partial charge in [-0.25, -0.2) is 0 Å². The number of ketones is 1. The molecule has 1 aromatic rings. The molecule has 3 heteroatoms. The lowest BCUT2D eigenvalue weighted by molar-refractivity contribution is 0.0937. The Labute approximate surface area is 121 Å². The second-order valence-electron chi connectivity index (χ2n) is 5.77. The highest BCUT2D eigenvalue weighted by molar-refractivity contribution is 5.94. The Morgan fingerprint density at radius 2 is 1.95 bits per heavy atom. The van der Waals surface area contributed by atoms with Crippen molar-refractivity contribution in [2.45, 2.75) is 51.6 Å². The van der Waals surface area contributed by atoms with E-state index in [1.54, 1.807) is 31.2 Å². The summed E-state index contributed by atoms with van der Waals surface area (Å²) in [4.78, 5) is 11.2. The second-order valence-corrected chi connectivity index (χ2v) is 5.77. The molecule has 0 amide bonds. The summed E-state index contributed by atoms with van der Waals surface area (Å²) in [6, 6.07) is 7.06. The first-order chi connectivity index (χ1) is 9.65. The van der Waals surface area contributed by atoms with Gasteiger partial charge in [0, 0.05) is 5.56 Å². The summed E-state index contributed by atoms with van der Waals surface area (Å²) in [6.45, 7) is 1.87. The van der Waals surface area contributed by atoms with E-state index in [4.69, 9.17) is 4.74 Å². The average molecular weight is 276 g/mol. The number of aliphatic hydroxyl groups excluding tert-OH is 1. The summed E-state index contributed by atoms with van der Waals surface area (Å²) in [5, 5.41) is 9.93. The van der Waals surface area contributed by atoms with Crippen molar-refractivity contribution in [1.29, 1.82) is 0 Å². The minimum absolute atomic E-state index is 0.0492. The van der Waals surface area contributed by atoms with Crippen LogP contribution >= 0.6 is 0 Å². The summed E-state index contributed by atoms with van der Waals surface area (Å²) in [5.41, 5.74) is 0.680. The number of carbonyl (C=O) groups is 1. The standard InChI is InChI=1S/C17H24O3/c1-13(18)15-7-10-17(11-8-15)20-12-16(19)9-6-14-4-2-3-5-14/h7-8,10-11,14,16,19H,2-6,9,12H2,1H3/t16-/m0/s1. The second kappa shape index (κ2) is 7.44. The van der Waals surface area contributed by atoms with Gasteiger partial charge in [0.2, 0.25) is 0 Å². The van der Waals surface area contributed by atoms with E-state index in [1.165, 1.54) is 25.7 Å². The molecule has 0 spiro atoms. The van der Waals surface area contributed by atoms with E-state index in [-0.39, 0.29) is 5.78 Å². The normalized spacial score (nSPS) is 17.1. The van der Waals surface area contributed by atoms with E-state index in [9.17, 15) is 9.90 Å². The SMILES string of the molecule is CC(=O)c1ccc(OC[C@@H](O)CCC2CCCC2)cc1. The molecule has 0 saturated heterocycles. The van der Waals surface area contributed by atoms with Crippen molar-refractivity contribution in [3.63, 3.8) is 0 Å². The Hall–Kier alpha value is -1.35. The van der Waals surface area contributed by atoms with Crippen molar-refractivity contribution in [2.24, 2.45) is 5.92 Å². The molecule has 0 aliphatic heterocycles. The Morgan fingerprint density at radius 1 is 1.30 bits per heavy atom. The maximum Gasteiger partial charge on any atom is 0.159 e. The van der Waals surface area contributed by atoms with Gasteiger partial charge in [-0.15, -0.1) is 0 Å². The number of Topliss-reactive ketones (excluding diaryl/α,β-unsaturated/α-hetero) is 1. The van der Waals surface area contributed by atoms with Crippen LogP contribution in [0.3, 0.4) is 0 Å². The van der Waals surface area contributed by atoms with Crippen LogP contribution in [0.25, 0.3) is 0 Å². The Morgan fingerprint density at radius 3 is 2.55 bits per heavy atom. The molecule has 0 aromatic heterocycles. The van der Waals surface area contributed by atoms with Gasteiger partial charge in [0.05, 0.1) is 6.10 Å². The molecule has 1 aromatic carbocycles. The Kier molecular flexibility index (Phi) is 5.60. The number of benzene rings is 1. The molecule has 2 rings (SSSR count). The topological polar surface area (TPSA) is 46.5 Å². The molecule has 0 bridgehead atoms. The van der Waals surface area contributed by atoms with Crippen molar-refractivity contribution >= 4 is 5.78 Å². The predicted molar refractivity (Wildman–Crippen MR) is 79.1 cm³/mol. The molecule has 0 heterocycles. The molecule has 1 aliphatic carbocycles. The quantitative estimate of drug-likeness (QED) is 0.774. The molecule has 1 aliphatic rings. The average Bonchev–Trinajstić information content (AvgIpc) is 2.96. The largest absolute Gasteiger partial charge is 0.491 e. The monoisotopic (exact) mass is 276 g/mol. The van der Waals surface area contributed by atoms with E-state index in [1.807, 2.05) is 0 Å². The van der Waals surface area contributed by atoms with Crippen LogP contribution in [0, 0.1) is 5.92 Å². The highest BCUT2D eigenvalue weighted by Crippen LogP contribution is 2.29. The first-order valence-electron chi connectivity index (χ1n) is 7.57. The van der Waals surface area contributed by atoms with Crippen LogP contribution in [0.5, 0.6) is 5.75 Å². The molecule has 110 valence electrons. The number of hydrogen-bond acceptors (Lipinski definition) is 3. The van der Waals surface area contributed by atoms with Gasteiger partial charge in [0.1, 0.15) is 12.4 Å². The lowest BCUT2D eigenvalue weighted by Gasteiger charge is -2.15. The molecule has 20 heavy (non-hydrogen) atoms. The van der Waals surface area contributed by atoms with Gasteiger partial charge in [-0.2, -0.15) is 0 Å². The third-order valence-electron chi connectivity index (χ3n) is 4.09. The molecular formula is C17H24O3. The summed E-state index contributed by atoms with van der Waals surface area (Å²) >= 11 is 0. The zero-order valence-corrected chi connectivity index (χ0v) is 12.2. The maximum absolute atomic E-state index is 11.2. The molecule has 1 fully saturated rings.